The molecule has 5 nitrogen and oxygen atoms in total. The number of ether oxygens (including phenoxy) is 2. The van der Waals surface area contributed by atoms with Crippen LogP contribution in [-0.4, -0.2) is 25.8 Å². The van der Waals surface area contributed by atoms with Crippen LogP contribution in [0.25, 0.3) is 6.08 Å². The molecule has 0 saturated heterocycles. The first-order valence-electron chi connectivity index (χ1n) is 7.51. The summed E-state index contributed by atoms with van der Waals surface area (Å²) in [5, 5.41) is 3.82. The molecule has 0 aliphatic heterocycles. The van der Waals surface area contributed by atoms with E-state index in [4.69, 9.17) is 9.47 Å². The van der Waals surface area contributed by atoms with Crippen molar-refractivity contribution in [3.63, 3.8) is 0 Å². The second-order valence-corrected chi connectivity index (χ2v) is 4.96. The molecule has 5 heteroatoms. The summed E-state index contributed by atoms with van der Waals surface area (Å²) in [6.07, 6.45) is 5.49. The molecule has 1 N–H and O–H groups in total. The number of benzene rings is 2. The predicted octanol–water partition coefficient (Wildman–Crippen LogP) is 3.26. The zero-order valence-corrected chi connectivity index (χ0v) is 13.7. The Morgan fingerprint density at radius 3 is 2.62 bits per heavy atom. The number of hydrazone groups is 1. The molecule has 0 heterocycles. The van der Waals surface area contributed by atoms with Crippen LogP contribution in [-0.2, 0) is 4.79 Å². The van der Waals surface area contributed by atoms with E-state index >= 15 is 0 Å². The zero-order chi connectivity index (χ0) is 17.2. The monoisotopic (exact) mass is 324 g/mol. The summed E-state index contributed by atoms with van der Waals surface area (Å²) in [5.74, 6) is 1.03. The van der Waals surface area contributed by atoms with Crippen molar-refractivity contribution in [2.45, 2.75) is 6.92 Å². The molecule has 0 aromatic heterocycles. The molecule has 0 unspecified atom stereocenters. The van der Waals surface area contributed by atoms with Crippen molar-refractivity contribution in [3.8, 4) is 11.5 Å². The van der Waals surface area contributed by atoms with E-state index < -0.39 is 0 Å². The minimum Gasteiger partial charge on any atom is -0.493 e. The average Bonchev–Trinajstić information content (AvgIpc) is 2.60. The SMILES string of the molecule is COc1cc(/C=N/NC(C)=O)ccc1OC/C=C/c1ccccc1. The second-order valence-electron chi connectivity index (χ2n) is 4.96. The summed E-state index contributed by atoms with van der Waals surface area (Å²) in [6, 6.07) is 15.5. The number of hydrogen-bond acceptors (Lipinski definition) is 4. The van der Waals surface area contributed by atoms with Crippen LogP contribution < -0.4 is 14.9 Å². The van der Waals surface area contributed by atoms with E-state index in [1.807, 2.05) is 54.6 Å². The van der Waals surface area contributed by atoms with E-state index in [9.17, 15) is 4.79 Å². The van der Waals surface area contributed by atoms with Gasteiger partial charge in [0, 0.05) is 6.92 Å². The van der Waals surface area contributed by atoms with Crippen LogP contribution in [0, 0.1) is 0 Å². The molecule has 0 aliphatic rings. The van der Waals surface area contributed by atoms with E-state index in [1.165, 1.54) is 6.92 Å². The third-order valence-corrected chi connectivity index (χ3v) is 3.07. The Balaban J connectivity index is 1.96. The van der Waals surface area contributed by atoms with Crippen molar-refractivity contribution in [3.05, 3.63) is 65.7 Å². The Morgan fingerprint density at radius 2 is 1.92 bits per heavy atom. The molecular formula is C19H20N2O3. The first-order valence-corrected chi connectivity index (χ1v) is 7.51. The maximum atomic E-state index is 10.8. The smallest absolute Gasteiger partial charge is 0.236 e. The van der Waals surface area contributed by atoms with Crippen LogP contribution in [0.2, 0.25) is 0 Å². The molecule has 0 bridgehead atoms. The van der Waals surface area contributed by atoms with Crippen molar-refractivity contribution in [1.82, 2.24) is 5.43 Å². The number of carbonyl (C=O) groups is 1. The van der Waals surface area contributed by atoms with Crippen LogP contribution in [0.1, 0.15) is 18.1 Å². The van der Waals surface area contributed by atoms with Crippen molar-refractivity contribution in [1.29, 1.82) is 0 Å². The highest BCUT2D eigenvalue weighted by atomic mass is 16.5. The van der Waals surface area contributed by atoms with E-state index in [0.717, 1.165) is 11.1 Å². The Hall–Kier alpha value is -3.08. The molecule has 124 valence electrons. The van der Waals surface area contributed by atoms with E-state index in [2.05, 4.69) is 10.5 Å². The van der Waals surface area contributed by atoms with E-state index in [0.29, 0.717) is 18.1 Å². The van der Waals surface area contributed by atoms with Gasteiger partial charge < -0.3 is 9.47 Å². The van der Waals surface area contributed by atoms with Gasteiger partial charge in [0.25, 0.3) is 0 Å². The molecule has 0 spiro atoms. The third kappa shape index (κ3) is 5.61. The highest BCUT2D eigenvalue weighted by molar-refractivity contribution is 5.82. The fraction of sp³-hybridized carbons (Fsp3) is 0.158. The van der Waals surface area contributed by atoms with E-state index in [-0.39, 0.29) is 5.91 Å². The highest BCUT2D eigenvalue weighted by Crippen LogP contribution is 2.27. The van der Waals surface area contributed by atoms with Crippen LogP contribution in [0.4, 0.5) is 0 Å². The number of hydrogen-bond donors (Lipinski definition) is 1. The molecular weight excluding hydrogens is 304 g/mol. The summed E-state index contributed by atoms with van der Waals surface area (Å²) < 4.78 is 11.1. The van der Waals surface area contributed by atoms with Crippen LogP contribution in [0.3, 0.4) is 0 Å². The van der Waals surface area contributed by atoms with Gasteiger partial charge in [-0.05, 0) is 35.4 Å². The molecule has 1 amide bonds. The first kappa shape index (κ1) is 17.3. The van der Waals surface area contributed by atoms with Gasteiger partial charge in [-0.15, -0.1) is 0 Å². The molecule has 2 aromatic rings. The number of rotatable bonds is 7. The molecule has 0 saturated carbocycles. The third-order valence-electron chi connectivity index (χ3n) is 3.07. The van der Waals surface area contributed by atoms with Gasteiger partial charge in [-0.2, -0.15) is 5.10 Å². The van der Waals surface area contributed by atoms with Gasteiger partial charge in [0.2, 0.25) is 5.91 Å². The van der Waals surface area contributed by atoms with Gasteiger partial charge in [0.15, 0.2) is 11.5 Å². The fourth-order valence-electron chi connectivity index (χ4n) is 1.97. The molecule has 0 fully saturated rings. The zero-order valence-electron chi connectivity index (χ0n) is 13.7. The van der Waals surface area contributed by atoms with Crippen LogP contribution >= 0.6 is 0 Å². The summed E-state index contributed by atoms with van der Waals surface area (Å²) >= 11 is 0. The van der Waals surface area contributed by atoms with Crippen molar-refractivity contribution in [2.24, 2.45) is 5.10 Å². The molecule has 24 heavy (non-hydrogen) atoms. The fourth-order valence-corrected chi connectivity index (χ4v) is 1.97. The Labute approximate surface area is 141 Å². The number of nitrogens with one attached hydrogen (secondary N) is 1. The lowest BCUT2D eigenvalue weighted by atomic mass is 10.2. The summed E-state index contributed by atoms with van der Waals surface area (Å²) in [4.78, 5) is 10.8. The van der Waals surface area contributed by atoms with Gasteiger partial charge in [-0.3, -0.25) is 4.79 Å². The topological polar surface area (TPSA) is 59.9 Å². The van der Waals surface area contributed by atoms with Gasteiger partial charge in [0.1, 0.15) is 6.61 Å². The van der Waals surface area contributed by atoms with Crippen molar-refractivity contribution >= 4 is 18.2 Å². The quantitative estimate of drug-likeness (QED) is 0.628. The average molecular weight is 324 g/mol. The maximum absolute atomic E-state index is 10.8. The Bertz CT molecular complexity index is 725. The van der Waals surface area contributed by atoms with Crippen LogP contribution in [0.15, 0.2) is 59.7 Å². The normalized spacial score (nSPS) is 10.9. The van der Waals surface area contributed by atoms with Crippen LogP contribution in [0.5, 0.6) is 11.5 Å². The molecule has 2 aromatic carbocycles. The lowest BCUT2D eigenvalue weighted by Gasteiger charge is -2.09. The summed E-state index contributed by atoms with van der Waals surface area (Å²) in [7, 11) is 1.58. The number of nitrogens with zero attached hydrogens (tertiary/aromatic N) is 1. The second kappa shape index (κ2) is 9.15. The van der Waals surface area contributed by atoms with Crippen molar-refractivity contribution in [2.75, 3.05) is 13.7 Å². The molecule has 0 radical (unpaired) electrons. The minimum atomic E-state index is -0.219. The number of amides is 1. The highest BCUT2D eigenvalue weighted by Gasteiger charge is 2.04. The Kier molecular flexibility index (Phi) is 6.58. The molecule has 2 rings (SSSR count). The number of methoxy groups -OCH3 is 1. The Morgan fingerprint density at radius 1 is 1.12 bits per heavy atom. The standard InChI is InChI=1S/C19H20N2O3/c1-15(22)21-20-14-17-10-11-18(19(13-17)23-2)24-12-6-9-16-7-4-3-5-8-16/h3-11,13-14H,12H2,1-2H3,(H,21,22)/b9-6+,20-14+. The van der Waals surface area contributed by atoms with E-state index in [1.54, 1.807) is 19.4 Å². The maximum Gasteiger partial charge on any atom is 0.236 e. The molecule has 0 aliphatic carbocycles. The molecule has 0 atom stereocenters. The largest absolute Gasteiger partial charge is 0.493 e. The summed E-state index contributed by atoms with van der Waals surface area (Å²) in [6.45, 7) is 1.84. The predicted molar refractivity (Wildman–Crippen MR) is 95.4 cm³/mol. The minimum absolute atomic E-state index is 0.219. The van der Waals surface area contributed by atoms with Gasteiger partial charge in [0.05, 0.1) is 13.3 Å². The lowest BCUT2D eigenvalue weighted by Crippen LogP contribution is -2.12. The lowest BCUT2D eigenvalue weighted by molar-refractivity contribution is -0.118. The summed E-state index contributed by atoms with van der Waals surface area (Å²) in [5.41, 5.74) is 4.27. The van der Waals surface area contributed by atoms with Gasteiger partial charge in [-0.1, -0.05) is 36.4 Å². The van der Waals surface area contributed by atoms with Crippen molar-refractivity contribution < 1.29 is 14.3 Å². The van der Waals surface area contributed by atoms with Gasteiger partial charge in [-0.25, -0.2) is 5.43 Å². The van der Waals surface area contributed by atoms with Gasteiger partial charge >= 0.3 is 0 Å². The number of carbonyl (C=O) groups excluding carboxylic acids is 1. The first-order chi connectivity index (χ1) is 11.7.